The van der Waals surface area contributed by atoms with Crippen molar-refractivity contribution < 1.29 is 14.4 Å². The van der Waals surface area contributed by atoms with E-state index in [1.807, 2.05) is 5.40 Å². The van der Waals surface area contributed by atoms with E-state index in [9.17, 15) is 14.4 Å². The van der Waals surface area contributed by atoms with Crippen molar-refractivity contribution in [1.29, 1.82) is 5.26 Å². The minimum Gasteiger partial charge on any atom is -0.348 e. The van der Waals surface area contributed by atoms with Crippen LogP contribution in [0.2, 0.25) is 0 Å². The number of hydrogen-bond acceptors (Lipinski definition) is 5. The van der Waals surface area contributed by atoms with Crippen LogP contribution in [0.25, 0.3) is 0 Å². The highest BCUT2D eigenvalue weighted by Gasteiger charge is 2.19. The van der Waals surface area contributed by atoms with E-state index in [0.717, 1.165) is 29.6 Å². The third kappa shape index (κ3) is 5.28. The summed E-state index contributed by atoms with van der Waals surface area (Å²) < 4.78 is 0. The Morgan fingerprint density at radius 3 is 2.62 bits per heavy atom. The van der Waals surface area contributed by atoms with Crippen molar-refractivity contribution in [1.82, 2.24) is 10.2 Å². The molecular formula is C16H18N4O3S. The Morgan fingerprint density at radius 2 is 2.00 bits per heavy atom. The van der Waals surface area contributed by atoms with E-state index in [4.69, 9.17) is 5.26 Å². The van der Waals surface area contributed by atoms with Gasteiger partial charge in [-0.2, -0.15) is 5.26 Å². The number of carbonyl (C=O) groups excluding carboxylic acids is 3. The molecule has 0 radical (unpaired) electrons. The molecule has 1 aliphatic heterocycles. The zero-order valence-electron chi connectivity index (χ0n) is 13.1. The fourth-order valence-corrected chi connectivity index (χ4v) is 2.72. The predicted molar refractivity (Wildman–Crippen MR) is 90.0 cm³/mol. The largest absolute Gasteiger partial charge is 0.348 e. The van der Waals surface area contributed by atoms with Gasteiger partial charge >= 0.3 is 11.8 Å². The Balaban J connectivity index is 1.69. The van der Waals surface area contributed by atoms with Crippen LogP contribution in [0.4, 0.5) is 5.69 Å². The number of nitrogens with zero attached hydrogens (tertiary/aromatic N) is 2. The van der Waals surface area contributed by atoms with E-state index in [2.05, 4.69) is 10.6 Å². The van der Waals surface area contributed by atoms with Crippen LogP contribution in [-0.2, 0) is 14.4 Å². The van der Waals surface area contributed by atoms with Gasteiger partial charge < -0.3 is 15.5 Å². The maximum absolute atomic E-state index is 11.8. The van der Waals surface area contributed by atoms with Gasteiger partial charge in [0.25, 0.3) is 0 Å². The van der Waals surface area contributed by atoms with Crippen LogP contribution < -0.4 is 10.6 Å². The van der Waals surface area contributed by atoms with Crippen LogP contribution in [0.15, 0.2) is 29.2 Å². The number of thioether (sulfide) groups is 1. The minimum atomic E-state index is -0.743. The quantitative estimate of drug-likeness (QED) is 0.350. The number of nitrogens with one attached hydrogen (secondary N) is 2. The Bertz CT molecular complexity index is 654. The van der Waals surface area contributed by atoms with Gasteiger partial charge in [0, 0.05) is 36.6 Å². The summed E-state index contributed by atoms with van der Waals surface area (Å²) in [6, 6.07) is 6.64. The first kappa shape index (κ1) is 17.8. The van der Waals surface area contributed by atoms with Crippen LogP contribution in [0, 0.1) is 10.7 Å². The molecule has 1 aliphatic rings. The normalized spacial score (nSPS) is 13.5. The molecule has 24 heavy (non-hydrogen) atoms. The van der Waals surface area contributed by atoms with E-state index in [1.165, 1.54) is 0 Å². The summed E-state index contributed by atoms with van der Waals surface area (Å²) in [5, 5.41) is 15.5. The molecule has 0 aliphatic carbocycles. The third-order valence-corrected chi connectivity index (χ3v) is 4.14. The van der Waals surface area contributed by atoms with Gasteiger partial charge in [0.15, 0.2) is 0 Å². The number of anilines is 1. The van der Waals surface area contributed by atoms with E-state index >= 15 is 0 Å². The fourth-order valence-electron chi connectivity index (χ4n) is 2.34. The summed E-state index contributed by atoms with van der Waals surface area (Å²) in [5.74, 6) is -1.30. The topological polar surface area (TPSA) is 102 Å². The lowest BCUT2D eigenvalue weighted by molar-refractivity contribution is -0.136. The molecule has 0 saturated carbocycles. The maximum Gasteiger partial charge on any atom is 0.313 e. The van der Waals surface area contributed by atoms with Crippen LogP contribution in [-0.4, -0.2) is 42.3 Å². The molecule has 0 bridgehead atoms. The minimum absolute atomic E-state index is 0.150. The van der Waals surface area contributed by atoms with Crippen molar-refractivity contribution in [3.63, 3.8) is 0 Å². The van der Waals surface area contributed by atoms with Crippen molar-refractivity contribution in [2.45, 2.75) is 24.2 Å². The highest BCUT2D eigenvalue weighted by atomic mass is 32.2. The van der Waals surface area contributed by atoms with Crippen molar-refractivity contribution in [2.75, 3.05) is 25.0 Å². The first-order chi connectivity index (χ1) is 11.6. The van der Waals surface area contributed by atoms with E-state index in [1.54, 1.807) is 29.2 Å². The number of nitriles is 1. The molecule has 2 rings (SSSR count). The van der Waals surface area contributed by atoms with Crippen LogP contribution in [0.1, 0.15) is 19.3 Å². The van der Waals surface area contributed by atoms with Crippen molar-refractivity contribution in [3.8, 4) is 5.40 Å². The molecule has 2 N–H and O–H groups in total. The number of benzene rings is 1. The highest BCUT2D eigenvalue weighted by molar-refractivity contribution is 8.03. The molecule has 0 atom stereocenters. The number of hydrogen-bond donors (Lipinski definition) is 2. The number of carbonyl (C=O) groups is 3. The Hall–Kier alpha value is -2.53. The molecule has 7 nitrogen and oxygen atoms in total. The third-order valence-electron chi connectivity index (χ3n) is 3.54. The molecule has 1 fully saturated rings. The number of thiocyanates is 1. The SMILES string of the molecule is N#CSc1ccc(NC(=O)C(=O)NCCCN2CCCC2=O)cc1. The molecule has 1 aromatic rings. The molecule has 1 heterocycles. The van der Waals surface area contributed by atoms with Gasteiger partial charge in [0.1, 0.15) is 5.40 Å². The second-order valence-corrected chi connectivity index (χ2v) is 6.12. The molecule has 0 aromatic heterocycles. The molecular weight excluding hydrogens is 328 g/mol. The second-order valence-electron chi connectivity index (χ2n) is 5.27. The average Bonchev–Trinajstić information content (AvgIpc) is 2.98. The zero-order chi connectivity index (χ0) is 17.4. The zero-order valence-corrected chi connectivity index (χ0v) is 13.9. The summed E-state index contributed by atoms with van der Waals surface area (Å²) in [5.41, 5.74) is 0.486. The van der Waals surface area contributed by atoms with E-state index < -0.39 is 11.8 Å². The van der Waals surface area contributed by atoms with Crippen molar-refractivity contribution >= 4 is 35.2 Å². The lowest BCUT2D eigenvalue weighted by Gasteiger charge is -2.15. The first-order valence-electron chi connectivity index (χ1n) is 7.63. The van der Waals surface area contributed by atoms with Crippen LogP contribution >= 0.6 is 11.8 Å². The summed E-state index contributed by atoms with van der Waals surface area (Å²) in [6.45, 7) is 1.71. The molecule has 126 valence electrons. The summed E-state index contributed by atoms with van der Waals surface area (Å²) in [7, 11) is 0. The van der Waals surface area contributed by atoms with Gasteiger partial charge in [0.2, 0.25) is 5.91 Å². The second kappa shape index (κ2) is 8.93. The van der Waals surface area contributed by atoms with Crippen LogP contribution in [0.5, 0.6) is 0 Å². The summed E-state index contributed by atoms with van der Waals surface area (Å²) in [6.07, 6.45) is 2.10. The van der Waals surface area contributed by atoms with Gasteiger partial charge in [-0.1, -0.05) is 0 Å². The lowest BCUT2D eigenvalue weighted by Crippen LogP contribution is -2.37. The highest BCUT2D eigenvalue weighted by Crippen LogP contribution is 2.18. The van der Waals surface area contributed by atoms with Crippen molar-refractivity contribution in [2.24, 2.45) is 0 Å². The Labute approximate surface area is 144 Å². The molecule has 0 unspecified atom stereocenters. The van der Waals surface area contributed by atoms with Gasteiger partial charge in [-0.3, -0.25) is 14.4 Å². The van der Waals surface area contributed by atoms with E-state index in [-0.39, 0.29) is 5.91 Å². The maximum atomic E-state index is 11.8. The number of amides is 3. The average molecular weight is 346 g/mol. The summed E-state index contributed by atoms with van der Waals surface area (Å²) >= 11 is 1.02. The predicted octanol–water partition coefficient (Wildman–Crippen LogP) is 1.33. The fraction of sp³-hybridized carbons (Fsp3) is 0.375. The lowest BCUT2D eigenvalue weighted by atomic mass is 10.3. The molecule has 0 spiro atoms. The Morgan fingerprint density at radius 1 is 1.25 bits per heavy atom. The van der Waals surface area contributed by atoms with Gasteiger partial charge in [-0.15, -0.1) is 0 Å². The van der Waals surface area contributed by atoms with Gasteiger partial charge in [-0.25, -0.2) is 0 Å². The molecule has 1 aromatic carbocycles. The number of likely N-dealkylation sites (tertiary alicyclic amines) is 1. The summed E-state index contributed by atoms with van der Waals surface area (Å²) in [4.78, 5) is 37.5. The molecule has 1 saturated heterocycles. The van der Waals surface area contributed by atoms with Crippen LogP contribution in [0.3, 0.4) is 0 Å². The Kier molecular flexibility index (Phi) is 6.63. The smallest absolute Gasteiger partial charge is 0.313 e. The molecule has 3 amide bonds. The molecule has 8 heteroatoms. The number of rotatable bonds is 6. The standard InChI is InChI=1S/C16H18N4O3S/c17-11-24-13-6-4-12(5-7-13)19-16(23)15(22)18-8-2-10-20-9-1-3-14(20)21/h4-7H,1-3,8-10H2,(H,18,22)(H,19,23). The van der Waals surface area contributed by atoms with E-state index in [0.29, 0.717) is 31.6 Å². The monoisotopic (exact) mass is 346 g/mol. The van der Waals surface area contributed by atoms with Gasteiger partial charge in [-0.05, 0) is 48.9 Å². The van der Waals surface area contributed by atoms with Gasteiger partial charge in [0.05, 0.1) is 0 Å². The van der Waals surface area contributed by atoms with Crippen molar-refractivity contribution in [3.05, 3.63) is 24.3 Å². The first-order valence-corrected chi connectivity index (χ1v) is 8.45.